The molecule has 2 aromatic carbocycles. The van der Waals surface area contributed by atoms with Crippen molar-refractivity contribution in [1.82, 2.24) is 9.97 Å². The van der Waals surface area contributed by atoms with E-state index >= 15 is 0 Å². The van der Waals surface area contributed by atoms with Gasteiger partial charge in [-0.25, -0.2) is 4.98 Å². The number of hydrogen-bond acceptors (Lipinski definition) is 2. The molecule has 0 atom stereocenters. The molecule has 3 rings (SSSR count). The lowest BCUT2D eigenvalue weighted by Gasteiger charge is -2.06. The molecule has 6 heteroatoms. The maximum Gasteiger partial charge on any atom is 0.416 e. The molecule has 1 aromatic heterocycles. The first-order chi connectivity index (χ1) is 11.9. The van der Waals surface area contributed by atoms with E-state index < -0.39 is 11.7 Å². The number of nitrogens with one attached hydrogen (secondary N) is 1. The first-order valence-electron chi connectivity index (χ1n) is 7.84. The predicted molar refractivity (Wildman–Crippen MR) is 97.3 cm³/mol. The molecule has 130 valence electrons. The van der Waals surface area contributed by atoms with Crippen molar-refractivity contribution in [3.8, 4) is 11.4 Å². The first-order valence-corrected chi connectivity index (χ1v) is 8.83. The Bertz CT molecular complexity index is 895. The average molecular weight is 362 g/mol. The summed E-state index contributed by atoms with van der Waals surface area (Å²) in [6.07, 6.45) is -3.42. The van der Waals surface area contributed by atoms with Crippen LogP contribution < -0.4 is 0 Å². The second-order valence-corrected chi connectivity index (χ2v) is 6.81. The Morgan fingerprint density at radius 3 is 2.52 bits per heavy atom. The van der Waals surface area contributed by atoms with Gasteiger partial charge in [-0.05, 0) is 35.1 Å². The number of benzene rings is 2. The highest BCUT2D eigenvalue weighted by atomic mass is 32.2. The average Bonchev–Trinajstić information content (AvgIpc) is 3.03. The molecule has 0 saturated heterocycles. The van der Waals surface area contributed by atoms with Gasteiger partial charge in [0.2, 0.25) is 0 Å². The van der Waals surface area contributed by atoms with Crippen molar-refractivity contribution in [2.24, 2.45) is 0 Å². The van der Waals surface area contributed by atoms with Gasteiger partial charge < -0.3 is 4.98 Å². The summed E-state index contributed by atoms with van der Waals surface area (Å²) < 4.78 is 38.1. The zero-order valence-electron chi connectivity index (χ0n) is 13.7. The number of allylic oxidation sites excluding steroid dienone is 1. The van der Waals surface area contributed by atoms with Crippen LogP contribution in [0.25, 0.3) is 22.4 Å². The zero-order chi connectivity index (χ0) is 18.0. The highest BCUT2D eigenvalue weighted by Crippen LogP contribution is 2.32. The van der Waals surface area contributed by atoms with E-state index in [1.54, 1.807) is 11.8 Å². The number of nitrogens with zero attached hydrogens (tertiary/aromatic N) is 1. The Balaban J connectivity index is 1.92. The van der Waals surface area contributed by atoms with Crippen LogP contribution in [-0.4, -0.2) is 9.97 Å². The van der Waals surface area contributed by atoms with Crippen molar-refractivity contribution in [3.63, 3.8) is 0 Å². The quantitative estimate of drug-likeness (QED) is 0.568. The second kappa shape index (κ2) is 6.96. The number of para-hydroxylation sites is 1. The molecule has 0 aliphatic heterocycles. The molecule has 1 heterocycles. The van der Waals surface area contributed by atoms with Gasteiger partial charge in [-0.15, -0.1) is 11.8 Å². The van der Waals surface area contributed by atoms with Crippen LogP contribution in [0.15, 0.2) is 53.9 Å². The Morgan fingerprint density at radius 2 is 1.88 bits per heavy atom. The molecule has 0 bridgehead atoms. The first kappa shape index (κ1) is 17.6. The van der Waals surface area contributed by atoms with Crippen molar-refractivity contribution >= 4 is 22.8 Å². The lowest BCUT2D eigenvalue weighted by molar-refractivity contribution is -0.137. The standard InChI is InChI=1S/C19H17F3N2S/c1-3-12(2)25-11-14-5-4-6-16-17(14)24-18(23-16)13-7-9-15(10-8-13)19(20,21)22/h4-10H,2-3,11H2,1H3,(H,23,24). The zero-order valence-corrected chi connectivity index (χ0v) is 14.5. The molecule has 25 heavy (non-hydrogen) atoms. The minimum Gasteiger partial charge on any atom is -0.338 e. The second-order valence-electron chi connectivity index (χ2n) is 5.65. The van der Waals surface area contributed by atoms with Gasteiger partial charge in [-0.3, -0.25) is 0 Å². The van der Waals surface area contributed by atoms with Crippen LogP contribution >= 0.6 is 11.8 Å². The molecule has 0 spiro atoms. The Hall–Kier alpha value is -2.21. The summed E-state index contributed by atoms with van der Waals surface area (Å²) in [5, 5.41) is 0. The molecule has 2 nitrogen and oxygen atoms in total. The minimum atomic E-state index is -4.33. The number of thioether (sulfide) groups is 1. The topological polar surface area (TPSA) is 28.7 Å². The van der Waals surface area contributed by atoms with Crippen LogP contribution in [0.4, 0.5) is 13.2 Å². The Kier molecular flexibility index (Phi) is 4.90. The van der Waals surface area contributed by atoms with Crippen molar-refractivity contribution < 1.29 is 13.2 Å². The third-order valence-corrected chi connectivity index (χ3v) is 5.06. The number of fused-ring (bicyclic) bond motifs is 1. The molecule has 0 radical (unpaired) electrons. The molecule has 0 aliphatic carbocycles. The fourth-order valence-corrected chi connectivity index (χ4v) is 3.24. The maximum absolute atomic E-state index is 12.7. The van der Waals surface area contributed by atoms with Gasteiger partial charge in [-0.1, -0.05) is 37.8 Å². The molecule has 0 fully saturated rings. The minimum absolute atomic E-state index is 0.565. The van der Waals surface area contributed by atoms with Gasteiger partial charge in [0.25, 0.3) is 0 Å². The van der Waals surface area contributed by atoms with Crippen LogP contribution in [-0.2, 0) is 11.9 Å². The molecular formula is C19H17F3N2S. The number of H-pyrrole nitrogens is 1. The fourth-order valence-electron chi connectivity index (χ4n) is 2.44. The molecule has 1 N–H and O–H groups in total. The van der Waals surface area contributed by atoms with Gasteiger partial charge in [0.1, 0.15) is 5.82 Å². The van der Waals surface area contributed by atoms with E-state index in [1.807, 2.05) is 18.2 Å². The molecule has 3 aromatic rings. The number of hydrogen-bond donors (Lipinski definition) is 1. The van der Waals surface area contributed by atoms with Crippen molar-refractivity contribution in [2.45, 2.75) is 25.3 Å². The number of rotatable bonds is 5. The largest absolute Gasteiger partial charge is 0.416 e. The van der Waals surface area contributed by atoms with Gasteiger partial charge >= 0.3 is 6.18 Å². The van der Waals surface area contributed by atoms with Gasteiger partial charge in [0, 0.05) is 11.3 Å². The summed E-state index contributed by atoms with van der Waals surface area (Å²) in [6.45, 7) is 6.05. The van der Waals surface area contributed by atoms with Crippen molar-refractivity contribution in [2.75, 3.05) is 0 Å². The van der Waals surface area contributed by atoms with E-state index in [0.29, 0.717) is 11.4 Å². The smallest absolute Gasteiger partial charge is 0.338 e. The predicted octanol–water partition coefficient (Wildman–Crippen LogP) is 6.41. The third-order valence-electron chi connectivity index (χ3n) is 3.91. The Morgan fingerprint density at radius 1 is 1.16 bits per heavy atom. The van der Waals surface area contributed by atoms with Crippen LogP contribution in [0.3, 0.4) is 0 Å². The van der Waals surface area contributed by atoms with E-state index in [-0.39, 0.29) is 0 Å². The number of aromatic nitrogens is 2. The number of halogens is 3. The molecule has 0 saturated carbocycles. The number of imidazole rings is 1. The van der Waals surface area contributed by atoms with E-state index in [4.69, 9.17) is 0 Å². The van der Waals surface area contributed by atoms with Crippen molar-refractivity contribution in [1.29, 1.82) is 0 Å². The highest BCUT2D eigenvalue weighted by molar-refractivity contribution is 8.02. The van der Waals surface area contributed by atoms with E-state index in [1.165, 1.54) is 12.1 Å². The summed E-state index contributed by atoms with van der Waals surface area (Å²) in [7, 11) is 0. The monoisotopic (exact) mass is 362 g/mol. The van der Waals surface area contributed by atoms with Crippen molar-refractivity contribution in [3.05, 3.63) is 65.1 Å². The van der Waals surface area contributed by atoms with Gasteiger partial charge in [0.05, 0.1) is 16.6 Å². The van der Waals surface area contributed by atoms with E-state index in [2.05, 4.69) is 23.5 Å². The lowest BCUT2D eigenvalue weighted by atomic mass is 10.1. The van der Waals surface area contributed by atoms with Crippen LogP contribution in [0.1, 0.15) is 24.5 Å². The molecule has 0 amide bonds. The summed E-state index contributed by atoms with van der Waals surface area (Å²) in [5.74, 6) is 1.33. The lowest BCUT2D eigenvalue weighted by Crippen LogP contribution is -2.04. The summed E-state index contributed by atoms with van der Waals surface area (Å²) in [4.78, 5) is 8.89. The summed E-state index contributed by atoms with van der Waals surface area (Å²) in [5.41, 5.74) is 2.75. The summed E-state index contributed by atoms with van der Waals surface area (Å²) in [6, 6.07) is 10.9. The molecular weight excluding hydrogens is 345 g/mol. The Labute approximate surface area is 148 Å². The van der Waals surface area contributed by atoms with Gasteiger partial charge in [0.15, 0.2) is 0 Å². The van der Waals surface area contributed by atoms with E-state index in [0.717, 1.165) is 45.8 Å². The molecule has 0 unspecified atom stereocenters. The van der Waals surface area contributed by atoms with Gasteiger partial charge in [-0.2, -0.15) is 13.2 Å². The van der Waals surface area contributed by atoms with Crippen LogP contribution in [0, 0.1) is 0 Å². The highest BCUT2D eigenvalue weighted by Gasteiger charge is 2.30. The molecule has 0 aliphatic rings. The number of aromatic amines is 1. The SMILES string of the molecule is C=C(CC)SCc1cccc2[nH]c(-c3ccc(C(F)(F)F)cc3)nc12. The van der Waals surface area contributed by atoms with Crippen LogP contribution in [0.2, 0.25) is 0 Å². The third kappa shape index (κ3) is 3.90. The summed E-state index contributed by atoms with van der Waals surface area (Å²) >= 11 is 1.68. The maximum atomic E-state index is 12.7. The normalized spacial score (nSPS) is 11.8. The van der Waals surface area contributed by atoms with E-state index in [9.17, 15) is 13.2 Å². The van der Waals surface area contributed by atoms with Crippen LogP contribution in [0.5, 0.6) is 0 Å². The fraction of sp³-hybridized carbons (Fsp3) is 0.211. The number of alkyl halides is 3.